The Kier molecular flexibility index (Phi) is 6.81. The van der Waals surface area contributed by atoms with E-state index in [1.165, 1.54) is 55.6 Å². The first-order chi connectivity index (χ1) is 18.7. The van der Waals surface area contributed by atoms with Crippen LogP contribution in [0.5, 0.6) is 5.75 Å². The number of para-hydroxylation sites is 1. The summed E-state index contributed by atoms with van der Waals surface area (Å²) in [5.74, 6) is -1.79. The van der Waals surface area contributed by atoms with Gasteiger partial charge in [0.25, 0.3) is 13.3 Å². The highest BCUT2D eigenvalue weighted by atomic mass is 32.2. The predicted octanol–water partition coefficient (Wildman–Crippen LogP) is 4.94. The zero-order chi connectivity index (χ0) is 29.5. The van der Waals surface area contributed by atoms with Gasteiger partial charge in [0.15, 0.2) is 0 Å². The molecule has 2 atom stereocenters. The van der Waals surface area contributed by atoms with Gasteiger partial charge in [0, 0.05) is 29.3 Å². The van der Waals surface area contributed by atoms with Crippen molar-refractivity contribution >= 4 is 59.9 Å². The van der Waals surface area contributed by atoms with Gasteiger partial charge in [0.1, 0.15) is 15.9 Å². The van der Waals surface area contributed by atoms with E-state index >= 15 is 0 Å². The van der Waals surface area contributed by atoms with Gasteiger partial charge in [-0.15, -0.1) is 0 Å². The monoisotopic (exact) mass is 606 g/mol. The van der Waals surface area contributed by atoms with E-state index in [1.807, 2.05) is 0 Å². The van der Waals surface area contributed by atoms with E-state index in [9.17, 15) is 28.9 Å². The summed E-state index contributed by atoms with van der Waals surface area (Å²) in [4.78, 5) is 53.3. The molecular formula is C27H31N2O8PS2. The number of amides is 3. The van der Waals surface area contributed by atoms with Crippen molar-refractivity contribution in [2.24, 2.45) is 0 Å². The Morgan fingerprint density at radius 1 is 1.07 bits per heavy atom. The number of methoxy groups -OCH3 is 2. The number of aromatic hydroxyl groups is 1. The molecule has 0 aromatic heterocycles. The third kappa shape index (κ3) is 3.69. The smallest absolute Gasteiger partial charge is 0.253 e. The number of nitrogens with zero attached hydrogens (tertiary/aromatic N) is 2. The van der Waals surface area contributed by atoms with Crippen LogP contribution in [0.1, 0.15) is 53.0 Å². The van der Waals surface area contributed by atoms with Crippen LogP contribution in [0.2, 0.25) is 0 Å². The fraction of sp³-hybridized carbons (Fsp3) is 0.444. The lowest BCUT2D eigenvalue weighted by Gasteiger charge is -2.52. The first-order valence-electron chi connectivity index (χ1n) is 12.7. The molecule has 10 nitrogen and oxygen atoms in total. The van der Waals surface area contributed by atoms with Gasteiger partial charge in [-0.1, -0.05) is 35.7 Å². The van der Waals surface area contributed by atoms with Crippen LogP contribution in [-0.2, 0) is 28.4 Å². The molecule has 1 fully saturated rings. The predicted molar refractivity (Wildman–Crippen MR) is 154 cm³/mol. The van der Waals surface area contributed by atoms with Crippen molar-refractivity contribution in [3.63, 3.8) is 0 Å². The number of thioether (sulfide) groups is 2. The average molecular weight is 607 g/mol. The third-order valence-electron chi connectivity index (χ3n) is 8.07. The second-order valence-electron chi connectivity index (χ2n) is 10.6. The third-order valence-corrected chi connectivity index (χ3v) is 14.0. The van der Waals surface area contributed by atoms with Gasteiger partial charge in [-0.3, -0.25) is 28.7 Å². The average Bonchev–Trinajstić information content (AvgIpc) is 3.45. The van der Waals surface area contributed by atoms with Crippen LogP contribution >= 0.6 is 30.9 Å². The number of carbonyl (C=O) groups is 3. The number of phenolic OH excluding ortho intramolecular Hbond substituents is 1. The summed E-state index contributed by atoms with van der Waals surface area (Å²) in [5, 5.41) is 12.7. The Bertz CT molecular complexity index is 1500. The molecule has 3 amide bonds. The highest BCUT2D eigenvalue weighted by Crippen LogP contribution is 2.78. The van der Waals surface area contributed by atoms with Crippen LogP contribution in [-0.4, -0.2) is 62.5 Å². The number of fused-ring (bicyclic) bond motifs is 3. The second-order valence-corrected chi connectivity index (χ2v) is 15.5. The zero-order valence-corrected chi connectivity index (χ0v) is 25.8. The Labute approximate surface area is 240 Å². The summed E-state index contributed by atoms with van der Waals surface area (Å²) >= 11 is 2.67. The Morgan fingerprint density at radius 3 is 2.15 bits per heavy atom. The van der Waals surface area contributed by atoms with E-state index in [-0.39, 0.29) is 34.9 Å². The molecule has 0 bridgehead atoms. The quantitative estimate of drug-likeness (QED) is 0.359. The summed E-state index contributed by atoms with van der Waals surface area (Å²) in [5.41, 5.74) is 0.198. The van der Waals surface area contributed by atoms with Gasteiger partial charge in [-0.05, 0) is 46.3 Å². The van der Waals surface area contributed by atoms with Crippen molar-refractivity contribution in [2.45, 2.75) is 63.1 Å². The zero-order valence-electron chi connectivity index (χ0n) is 23.2. The summed E-state index contributed by atoms with van der Waals surface area (Å²) in [6.07, 6.45) is 0.0272. The summed E-state index contributed by atoms with van der Waals surface area (Å²) in [6, 6.07) is 3.56. The van der Waals surface area contributed by atoms with E-state index in [2.05, 4.69) is 0 Å². The molecule has 13 heteroatoms. The van der Waals surface area contributed by atoms with Crippen LogP contribution in [0, 0.1) is 0 Å². The molecule has 5 rings (SSSR count). The fourth-order valence-electron chi connectivity index (χ4n) is 6.04. The van der Waals surface area contributed by atoms with Crippen LogP contribution in [0.15, 0.2) is 44.6 Å². The van der Waals surface area contributed by atoms with Gasteiger partial charge < -0.3 is 19.5 Å². The van der Waals surface area contributed by atoms with Gasteiger partial charge >= 0.3 is 0 Å². The molecule has 0 radical (unpaired) electrons. The van der Waals surface area contributed by atoms with Gasteiger partial charge in [0.05, 0.1) is 30.8 Å². The van der Waals surface area contributed by atoms with Crippen molar-refractivity contribution in [3.05, 3.63) is 50.1 Å². The number of rotatable bonds is 4. The van der Waals surface area contributed by atoms with E-state index in [0.717, 1.165) is 4.90 Å². The molecule has 2 N–H and O–H groups in total. The molecule has 0 aliphatic carbocycles. The van der Waals surface area contributed by atoms with E-state index in [4.69, 9.17) is 9.47 Å². The van der Waals surface area contributed by atoms with Crippen molar-refractivity contribution in [2.75, 3.05) is 19.1 Å². The summed E-state index contributed by atoms with van der Waals surface area (Å²) in [7, 11) is -1.19. The normalized spacial score (nSPS) is 26.0. The number of carbonyl (C=O) groups excluding carboxylic acids is 3. The molecule has 4 aliphatic rings. The SMILES string of the molecule is COC1=C(OC)SC2(S1)C(C)=C(C)P(=O)(O)C1=C2c2cccc(O)c2N(C(=O)C(C)N2C(=O)CCC2=O)C1(C)C. The maximum atomic E-state index is 14.4. The number of benzene rings is 1. The molecule has 0 saturated carbocycles. The summed E-state index contributed by atoms with van der Waals surface area (Å²) in [6.45, 7) is 8.17. The molecule has 4 aliphatic heterocycles. The number of hydrogen-bond donors (Lipinski definition) is 2. The summed E-state index contributed by atoms with van der Waals surface area (Å²) < 4.78 is 24.7. The number of likely N-dealkylation sites (tertiary alicyclic amines) is 1. The molecule has 4 heterocycles. The highest BCUT2D eigenvalue weighted by Gasteiger charge is 2.62. The molecule has 1 aromatic rings. The highest BCUT2D eigenvalue weighted by molar-refractivity contribution is 8.25. The molecular weight excluding hydrogens is 575 g/mol. The van der Waals surface area contributed by atoms with Crippen molar-refractivity contribution in [1.82, 2.24) is 4.90 Å². The number of allylic oxidation sites excluding steroid dienone is 1. The van der Waals surface area contributed by atoms with Crippen molar-refractivity contribution < 1.29 is 38.4 Å². The number of hydrogen-bond acceptors (Lipinski definition) is 9. The van der Waals surface area contributed by atoms with Crippen LogP contribution < -0.4 is 4.90 Å². The van der Waals surface area contributed by atoms with Crippen molar-refractivity contribution in [1.29, 1.82) is 0 Å². The fourth-order valence-corrected chi connectivity index (χ4v) is 11.9. The second kappa shape index (κ2) is 9.44. The maximum Gasteiger partial charge on any atom is 0.253 e. The van der Waals surface area contributed by atoms with Gasteiger partial charge in [-0.25, -0.2) is 0 Å². The lowest BCUT2D eigenvalue weighted by molar-refractivity contribution is -0.145. The number of imide groups is 1. The van der Waals surface area contributed by atoms with Crippen LogP contribution in [0.4, 0.5) is 5.69 Å². The molecule has 1 aromatic carbocycles. The standard InChI is InChI=1S/C27H31N2O8PS2/c1-13-15(3)38(34,35)22-20(27(13)39-24(36-6)25(37-7)40-27)16-9-8-10-17(30)21(16)29(26(22,4)5)23(33)14(2)28-18(31)11-12-19(28)32/h8-10,14,30H,11-12H2,1-7H3,(H,34,35). The van der Waals surface area contributed by atoms with Crippen LogP contribution in [0.3, 0.4) is 0 Å². The van der Waals surface area contributed by atoms with Crippen molar-refractivity contribution in [3.8, 4) is 5.75 Å². The first kappa shape index (κ1) is 28.9. The van der Waals surface area contributed by atoms with E-state index in [1.54, 1.807) is 39.8 Å². The van der Waals surface area contributed by atoms with Gasteiger partial charge in [0.2, 0.25) is 22.0 Å². The topological polar surface area (TPSA) is 134 Å². The Morgan fingerprint density at radius 2 is 1.62 bits per heavy atom. The minimum Gasteiger partial charge on any atom is -0.506 e. The molecule has 214 valence electrons. The Balaban J connectivity index is 1.80. The maximum absolute atomic E-state index is 14.4. The largest absolute Gasteiger partial charge is 0.506 e. The number of phenols is 1. The molecule has 1 saturated heterocycles. The van der Waals surface area contributed by atoms with Gasteiger partial charge in [-0.2, -0.15) is 0 Å². The van der Waals surface area contributed by atoms with Crippen LogP contribution in [0.25, 0.3) is 5.57 Å². The first-order valence-corrected chi connectivity index (χ1v) is 15.9. The molecule has 1 spiro atoms. The number of anilines is 1. The minimum atomic E-state index is -4.24. The molecule has 2 unspecified atom stereocenters. The minimum absolute atomic E-state index is 0.0136. The lowest BCUT2D eigenvalue weighted by atomic mass is 9.83. The molecule has 40 heavy (non-hydrogen) atoms. The lowest BCUT2D eigenvalue weighted by Crippen LogP contribution is -2.59. The Hall–Kier alpha value is -2.66. The van der Waals surface area contributed by atoms with E-state index in [0.29, 0.717) is 26.9 Å². The van der Waals surface area contributed by atoms with E-state index < -0.39 is 40.8 Å². The number of ether oxygens (including phenoxy) is 2.